The molecule has 0 aromatic carbocycles. The molecule has 3 nitrogen and oxygen atoms in total. The molecule has 0 radical (unpaired) electrons. The Bertz CT molecular complexity index is 214. The van der Waals surface area contributed by atoms with Crippen molar-refractivity contribution in [3.05, 3.63) is 0 Å². The Balaban J connectivity index is 1.86. The summed E-state index contributed by atoms with van der Waals surface area (Å²) in [5, 5.41) is 18.8. The summed E-state index contributed by atoms with van der Waals surface area (Å²) in [4.78, 5) is 2.45. The minimum Gasteiger partial charge on any atom is -0.396 e. The summed E-state index contributed by atoms with van der Waals surface area (Å²) in [5.41, 5.74) is 0.169. The van der Waals surface area contributed by atoms with E-state index in [1.807, 2.05) is 0 Å². The van der Waals surface area contributed by atoms with Gasteiger partial charge in [0.2, 0.25) is 0 Å². The van der Waals surface area contributed by atoms with E-state index in [9.17, 15) is 5.11 Å². The van der Waals surface area contributed by atoms with Crippen molar-refractivity contribution in [2.24, 2.45) is 11.3 Å². The predicted molar refractivity (Wildman–Crippen MR) is 64.2 cm³/mol. The summed E-state index contributed by atoms with van der Waals surface area (Å²) in [6, 6.07) is 0. The lowest BCUT2D eigenvalue weighted by Gasteiger charge is -2.38. The Labute approximate surface area is 98.5 Å². The van der Waals surface area contributed by atoms with Crippen LogP contribution in [0.25, 0.3) is 0 Å². The molecule has 1 saturated heterocycles. The molecule has 2 N–H and O–H groups in total. The molecule has 2 fully saturated rings. The molecule has 1 atom stereocenters. The van der Waals surface area contributed by atoms with Crippen LogP contribution in [0.1, 0.15) is 38.5 Å². The van der Waals surface area contributed by atoms with Gasteiger partial charge in [0.05, 0.1) is 0 Å². The van der Waals surface area contributed by atoms with Gasteiger partial charge in [0.25, 0.3) is 0 Å². The molecular formula is C13H25NO2. The van der Waals surface area contributed by atoms with Crippen molar-refractivity contribution in [3.63, 3.8) is 0 Å². The van der Waals surface area contributed by atoms with Gasteiger partial charge in [0.1, 0.15) is 0 Å². The van der Waals surface area contributed by atoms with Gasteiger partial charge in [-0.2, -0.15) is 0 Å². The Morgan fingerprint density at radius 2 is 1.88 bits per heavy atom. The minimum atomic E-state index is 0.169. The normalized spacial score (nSPS) is 30.8. The van der Waals surface area contributed by atoms with Crippen LogP contribution in [0.15, 0.2) is 0 Å². The molecule has 1 heterocycles. The van der Waals surface area contributed by atoms with E-state index in [1.165, 1.54) is 32.1 Å². The summed E-state index contributed by atoms with van der Waals surface area (Å²) in [7, 11) is 0. The second-order valence-corrected chi connectivity index (χ2v) is 5.79. The first kappa shape index (κ1) is 12.3. The molecule has 2 aliphatic rings. The van der Waals surface area contributed by atoms with Crippen LogP contribution in [0.2, 0.25) is 0 Å². The zero-order valence-electron chi connectivity index (χ0n) is 10.2. The fraction of sp³-hybridized carbons (Fsp3) is 1.00. The standard InChI is InChI=1S/C13H25NO2/c15-9-12-4-7-14(8-12)10-13(11-16)5-2-1-3-6-13/h12,15-16H,1-11H2. The average molecular weight is 227 g/mol. The number of rotatable bonds is 4. The molecule has 1 saturated carbocycles. The highest BCUT2D eigenvalue weighted by Crippen LogP contribution is 2.37. The average Bonchev–Trinajstić information content (AvgIpc) is 2.78. The predicted octanol–water partition coefficient (Wildman–Crippen LogP) is 1.24. The van der Waals surface area contributed by atoms with Gasteiger partial charge in [-0.15, -0.1) is 0 Å². The maximum absolute atomic E-state index is 9.65. The molecule has 0 aromatic heterocycles. The van der Waals surface area contributed by atoms with Crippen molar-refractivity contribution in [2.75, 3.05) is 32.8 Å². The number of nitrogens with zero attached hydrogens (tertiary/aromatic N) is 1. The van der Waals surface area contributed by atoms with E-state index < -0.39 is 0 Å². The molecule has 2 rings (SSSR count). The third kappa shape index (κ3) is 2.76. The maximum atomic E-state index is 9.65. The molecule has 0 aromatic rings. The first-order chi connectivity index (χ1) is 7.78. The third-order valence-electron chi connectivity index (χ3n) is 4.44. The third-order valence-corrected chi connectivity index (χ3v) is 4.44. The van der Waals surface area contributed by atoms with E-state index in [-0.39, 0.29) is 5.41 Å². The van der Waals surface area contributed by atoms with Crippen molar-refractivity contribution >= 4 is 0 Å². The zero-order valence-corrected chi connectivity index (χ0v) is 10.2. The molecule has 94 valence electrons. The van der Waals surface area contributed by atoms with Gasteiger partial charge in [-0.3, -0.25) is 0 Å². The molecule has 1 unspecified atom stereocenters. The second kappa shape index (κ2) is 5.48. The highest BCUT2D eigenvalue weighted by molar-refractivity contribution is 4.88. The quantitative estimate of drug-likeness (QED) is 0.759. The van der Waals surface area contributed by atoms with Gasteiger partial charge >= 0.3 is 0 Å². The topological polar surface area (TPSA) is 43.7 Å². The molecular weight excluding hydrogens is 202 g/mol. The van der Waals surface area contributed by atoms with E-state index in [2.05, 4.69) is 4.90 Å². The van der Waals surface area contributed by atoms with Crippen LogP contribution in [0, 0.1) is 11.3 Å². The summed E-state index contributed by atoms with van der Waals surface area (Å²) in [6.45, 7) is 3.83. The van der Waals surface area contributed by atoms with E-state index in [0.29, 0.717) is 19.1 Å². The minimum absolute atomic E-state index is 0.169. The molecule has 16 heavy (non-hydrogen) atoms. The molecule has 0 bridgehead atoms. The van der Waals surface area contributed by atoms with Crippen LogP contribution in [-0.4, -0.2) is 48.0 Å². The monoisotopic (exact) mass is 227 g/mol. The number of hydrogen-bond acceptors (Lipinski definition) is 3. The van der Waals surface area contributed by atoms with Gasteiger partial charge in [-0.25, -0.2) is 0 Å². The van der Waals surface area contributed by atoms with E-state index in [1.54, 1.807) is 0 Å². The van der Waals surface area contributed by atoms with Crippen LogP contribution in [-0.2, 0) is 0 Å². The van der Waals surface area contributed by atoms with E-state index >= 15 is 0 Å². The van der Waals surface area contributed by atoms with Crippen LogP contribution in [0.3, 0.4) is 0 Å². The fourth-order valence-corrected chi connectivity index (χ4v) is 3.35. The summed E-state index contributed by atoms with van der Waals surface area (Å²) in [5.74, 6) is 0.472. The fourth-order valence-electron chi connectivity index (χ4n) is 3.35. The van der Waals surface area contributed by atoms with Crippen molar-refractivity contribution in [1.29, 1.82) is 0 Å². The smallest absolute Gasteiger partial charge is 0.0499 e. The first-order valence-electron chi connectivity index (χ1n) is 6.72. The van der Waals surface area contributed by atoms with Crippen LogP contribution in [0.4, 0.5) is 0 Å². The Kier molecular flexibility index (Phi) is 4.22. The summed E-state index contributed by atoms with van der Waals surface area (Å²) < 4.78 is 0. The molecule has 1 aliphatic heterocycles. The van der Waals surface area contributed by atoms with E-state index in [4.69, 9.17) is 5.11 Å². The van der Waals surface area contributed by atoms with E-state index in [0.717, 1.165) is 26.1 Å². The largest absolute Gasteiger partial charge is 0.396 e. The van der Waals surface area contributed by atoms with Gasteiger partial charge in [-0.1, -0.05) is 19.3 Å². The van der Waals surface area contributed by atoms with Crippen LogP contribution >= 0.6 is 0 Å². The van der Waals surface area contributed by atoms with Crippen molar-refractivity contribution in [2.45, 2.75) is 38.5 Å². The Morgan fingerprint density at radius 1 is 1.12 bits per heavy atom. The molecule has 1 aliphatic carbocycles. The van der Waals surface area contributed by atoms with Gasteiger partial charge in [0, 0.05) is 31.7 Å². The molecule has 3 heteroatoms. The van der Waals surface area contributed by atoms with Crippen molar-refractivity contribution < 1.29 is 10.2 Å². The summed E-state index contributed by atoms with van der Waals surface area (Å²) in [6.07, 6.45) is 7.38. The number of likely N-dealkylation sites (tertiary alicyclic amines) is 1. The summed E-state index contributed by atoms with van der Waals surface area (Å²) >= 11 is 0. The second-order valence-electron chi connectivity index (χ2n) is 5.79. The van der Waals surface area contributed by atoms with Gasteiger partial charge < -0.3 is 15.1 Å². The number of aliphatic hydroxyl groups is 2. The van der Waals surface area contributed by atoms with Crippen LogP contribution in [0.5, 0.6) is 0 Å². The lowest BCUT2D eigenvalue weighted by molar-refractivity contribution is 0.0458. The lowest BCUT2D eigenvalue weighted by atomic mass is 9.74. The number of hydrogen-bond donors (Lipinski definition) is 2. The Morgan fingerprint density at radius 3 is 2.44 bits per heavy atom. The van der Waals surface area contributed by atoms with Crippen LogP contribution < -0.4 is 0 Å². The Hall–Kier alpha value is -0.120. The van der Waals surface area contributed by atoms with Crippen molar-refractivity contribution in [3.8, 4) is 0 Å². The van der Waals surface area contributed by atoms with Gasteiger partial charge in [0.15, 0.2) is 0 Å². The highest BCUT2D eigenvalue weighted by atomic mass is 16.3. The molecule has 0 spiro atoms. The first-order valence-corrected chi connectivity index (χ1v) is 6.72. The molecule has 0 amide bonds. The highest BCUT2D eigenvalue weighted by Gasteiger charge is 2.35. The number of aliphatic hydroxyl groups excluding tert-OH is 2. The van der Waals surface area contributed by atoms with Gasteiger partial charge in [-0.05, 0) is 31.7 Å². The SMILES string of the molecule is OCC1CCN(CC2(CO)CCCCC2)C1. The lowest BCUT2D eigenvalue weighted by Crippen LogP contribution is -2.40. The maximum Gasteiger partial charge on any atom is 0.0499 e. The zero-order chi connectivity index (χ0) is 11.4. The van der Waals surface area contributed by atoms with Crippen molar-refractivity contribution in [1.82, 2.24) is 4.90 Å².